The fourth-order valence-electron chi connectivity index (χ4n) is 6.25. The molecular weight excluding hydrogens is 668 g/mol. The Bertz CT molecular complexity index is 1960. The summed E-state index contributed by atoms with van der Waals surface area (Å²) in [5.41, 5.74) is 0.521. The maximum atomic E-state index is 14.4. The van der Waals surface area contributed by atoms with Crippen molar-refractivity contribution < 1.29 is 36.7 Å². The van der Waals surface area contributed by atoms with E-state index in [4.69, 9.17) is 9.84 Å². The summed E-state index contributed by atoms with van der Waals surface area (Å²) in [4.78, 5) is 44.4. The Morgan fingerprint density at radius 3 is 2.41 bits per heavy atom. The van der Waals surface area contributed by atoms with Crippen molar-refractivity contribution in [3.63, 3.8) is 0 Å². The highest BCUT2D eigenvalue weighted by atomic mass is 19.4. The van der Waals surface area contributed by atoms with Gasteiger partial charge in [-0.25, -0.2) is 9.07 Å². The van der Waals surface area contributed by atoms with Crippen LogP contribution in [0.25, 0.3) is 5.69 Å². The van der Waals surface area contributed by atoms with E-state index in [1.54, 1.807) is 35.9 Å². The number of carbonyl (C=O) groups excluding carboxylic acids is 3. The first-order chi connectivity index (χ1) is 24.5. The second kappa shape index (κ2) is 15.2. The standard InChI is InChI=1S/C37H34F4N6O4/c1-2-46-35-32(29(44-47(35)28-10-4-3-5-11-28)23-42-30(48)12-7-17-45-18-20-51-21-19-45)31(24-13-15-27(38)16-14-24)33(36(46)50)43-34(49)25-8-6-9-26(22-25)37(39,40)41/h3-6,8-11,13-16,22,31,33H,2,17-21,23H2,1H3,(H,42,48)(H,43,49)/t31-,33-/m0/s1. The van der Waals surface area contributed by atoms with Gasteiger partial charge in [0.15, 0.2) is 0 Å². The van der Waals surface area contributed by atoms with E-state index in [1.165, 1.54) is 35.2 Å². The van der Waals surface area contributed by atoms with E-state index in [0.29, 0.717) is 67.2 Å². The van der Waals surface area contributed by atoms with Crippen molar-refractivity contribution in [3.8, 4) is 17.5 Å². The third-order valence-corrected chi connectivity index (χ3v) is 8.71. The highest BCUT2D eigenvalue weighted by Crippen LogP contribution is 2.43. The summed E-state index contributed by atoms with van der Waals surface area (Å²) in [6.45, 7) is 4.75. The quantitative estimate of drug-likeness (QED) is 0.210. The molecule has 2 atom stereocenters. The van der Waals surface area contributed by atoms with Crippen molar-refractivity contribution in [2.24, 2.45) is 0 Å². The maximum absolute atomic E-state index is 14.4. The number of ether oxygens (including phenoxy) is 1. The van der Waals surface area contributed by atoms with Crippen LogP contribution in [0.2, 0.25) is 0 Å². The number of halogens is 4. The van der Waals surface area contributed by atoms with Crippen molar-refractivity contribution >= 4 is 23.5 Å². The smallest absolute Gasteiger partial charge is 0.379 e. The van der Waals surface area contributed by atoms with Gasteiger partial charge in [-0.1, -0.05) is 42.3 Å². The number of likely N-dealkylation sites (N-methyl/N-ethyl adjacent to an activating group) is 1. The van der Waals surface area contributed by atoms with E-state index in [9.17, 15) is 31.9 Å². The first-order valence-corrected chi connectivity index (χ1v) is 16.3. The summed E-state index contributed by atoms with van der Waals surface area (Å²) < 4.78 is 61.7. The number of rotatable bonds is 8. The SMILES string of the molecule is CCN1C(=O)[C@@H](NC(=O)c2cccc(C(F)(F)F)c2)[C@@H](c2ccc(F)cc2)c2c(CNC(=O)C#CCN3CCOCC3)nn(-c3ccccc3)c21. The van der Waals surface area contributed by atoms with Gasteiger partial charge in [0.05, 0.1) is 43.2 Å². The van der Waals surface area contributed by atoms with Gasteiger partial charge in [0.25, 0.3) is 17.7 Å². The van der Waals surface area contributed by atoms with E-state index >= 15 is 0 Å². The van der Waals surface area contributed by atoms with Gasteiger partial charge in [-0.15, -0.1) is 0 Å². The van der Waals surface area contributed by atoms with Gasteiger partial charge in [-0.3, -0.25) is 24.2 Å². The Kier molecular flexibility index (Phi) is 10.5. The van der Waals surface area contributed by atoms with Crippen LogP contribution in [0.1, 0.15) is 45.6 Å². The molecule has 2 aliphatic heterocycles. The fourth-order valence-corrected chi connectivity index (χ4v) is 6.25. The van der Waals surface area contributed by atoms with Gasteiger partial charge in [0, 0.05) is 36.7 Å². The van der Waals surface area contributed by atoms with E-state index in [1.807, 2.05) is 6.07 Å². The summed E-state index contributed by atoms with van der Waals surface area (Å²) in [5, 5.41) is 10.3. The number of hydrogen-bond donors (Lipinski definition) is 2. The molecule has 0 spiro atoms. The number of fused-ring (bicyclic) bond motifs is 1. The predicted octanol–water partition coefficient (Wildman–Crippen LogP) is 4.28. The lowest BCUT2D eigenvalue weighted by molar-refractivity contribution is -0.137. The van der Waals surface area contributed by atoms with Crippen molar-refractivity contribution in [3.05, 3.63) is 113 Å². The topological polar surface area (TPSA) is 109 Å². The molecule has 3 aromatic carbocycles. The molecule has 14 heteroatoms. The lowest BCUT2D eigenvalue weighted by Crippen LogP contribution is -2.55. The van der Waals surface area contributed by atoms with E-state index in [-0.39, 0.29) is 18.7 Å². The molecule has 264 valence electrons. The number of para-hydroxylation sites is 1. The number of anilines is 1. The molecule has 10 nitrogen and oxygen atoms in total. The number of nitrogens with zero attached hydrogens (tertiary/aromatic N) is 4. The zero-order valence-corrected chi connectivity index (χ0v) is 27.5. The number of morpholine rings is 1. The zero-order chi connectivity index (χ0) is 36.1. The molecular formula is C37H34F4N6O4. The average molecular weight is 703 g/mol. The Hall–Kier alpha value is -5.52. The second-order valence-electron chi connectivity index (χ2n) is 11.9. The Labute approximate surface area is 291 Å². The van der Waals surface area contributed by atoms with Gasteiger partial charge in [0.1, 0.15) is 17.7 Å². The number of amides is 3. The molecule has 0 unspecified atom stereocenters. The highest BCUT2D eigenvalue weighted by molar-refractivity contribution is 6.05. The number of aromatic nitrogens is 2. The number of hydrogen-bond acceptors (Lipinski definition) is 6. The van der Waals surface area contributed by atoms with Crippen LogP contribution >= 0.6 is 0 Å². The zero-order valence-electron chi connectivity index (χ0n) is 27.5. The van der Waals surface area contributed by atoms with Gasteiger partial charge < -0.3 is 15.4 Å². The van der Waals surface area contributed by atoms with Crippen LogP contribution in [0.4, 0.5) is 23.4 Å². The molecule has 2 aliphatic rings. The summed E-state index contributed by atoms with van der Waals surface area (Å²) in [5.74, 6) is 2.31. The molecule has 6 rings (SSSR count). The minimum atomic E-state index is -4.69. The molecule has 0 radical (unpaired) electrons. The van der Waals surface area contributed by atoms with Gasteiger partial charge >= 0.3 is 6.18 Å². The van der Waals surface area contributed by atoms with Gasteiger partial charge in [0.2, 0.25) is 0 Å². The summed E-state index contributed by atoms with van der Waals surface area (Å²) in [6, 6.07) is 16.9. The molecule has 0 bridgehead atoms. The molecule has 1 saturated heterocycles. The largest absolute Gasteiger partial charge is 0.416 e. The molecule has 51 heavy (non-hydrogen) atoms. The van der Waals surface area contributed by atoms with E-state index in [0.717, 1.165) is 12.1 Å². The lowest BCUT2D eigenvalue weighted by atomic mass is 9.80. The van der Waals surface area contributed by atoms with Crippen molar-refractivity contribution in [2.75, 3.05) is 44.3 Å². The third-order valence-electron chi connectivity index (χ3n) is 8.71. The number of benzene rings is 3. The number of nitrogens with one attached hydrogen (secondary N) is 2. The van der Waals surface area contributed by atoms with Gasteiger partial charge in [-0.05, 0) is 60.9 Å². The van der Waals surface area contributed by atoms with Crippen LogP contribution in [0.3, 0.4) is 0 Å². The second-order valence-corrected chi connectivity index (χ2v) is 11.9. The summed E-state index contributed by atoms with van der Waals surface area (Å²) >= 11 is 0. The molecule has 3 heterocycles. The summed E-state index contributed by atoms with van der Waals surface area (Å²) in [7, 11) is 0. The molecule has 1 fully saturated rings. The van der Waals surface area contributed by atoms with Gasteiger partial charge in [-0.2, -0.15) is 18.3 Å². The van der Waals surface area contributed by atoms with Crippen LogP contribution in [0.15, 0.2) is 78.9 Å². The third kappa shape index (κ3) is 7.79. The van der Waals surface area contributed by atoms with Crippen LogP contribution < -0.4 is 15.5 Å². The molecule has 1 aromatic heterocycles. The minimum absolute atomic E-state index is 0.120. The first kappa shape index (κ1) is 35.3. The van der Waals surface area contributed by atoms with Crippen molar-refractivity contribution in [1.29, 1.82) is 0 Å². The molecule has 2 N–H and O–H groups in total. The average Bonchev–Trinajstić information content (AvgIpc) is 3.51. The Morgan fingerprint density at radius 2 is 1.73 bits per heavy atom. The molecule has 0 saturated carbocycles. The van der Waals surface area contributed by atoms with E-state index < -0.39 is 47.2 Å². The van der Waals surface area contributed by atoms with Crippen molar-refractivity contribution in [1.82, 2.24) is 25.3 Å². The van der Waals surface area contributed by atoms with Crippen molar-refractivity contribution in [2.45, 2.75) is 31.6 Å². The van der Waals surface area contributed by atoms with Crippen LogP contribution in [0, 0.1) is 17.7 Å². The number of alkyl halides is 3. The maximum Gasteiger partial charge on any atom is 0.416 e. The molecule has 4 aromatic rings. The summed E-state index contributed by atoms with van der Waals surface area (Å²) in [6.07, 6.45) is -4.69. The monoisotopic (exact) mass is 702 g/mol. The fraction of sp³-hybridized carbons (Fsp3) is 0.297. The molecule has 0 aliphatic carbocycles. The Morgan fingerprint density at radius 1 is 1.00 bits per heavy atom. The van der Waals surface area contributed by atoms with Crippen LogP contribution in [-0.2, 0) is 27.0 Å². The first-order valence-electron chi connectivity index (χ1n) is 16.3. The highest BCUT2D eigenvalue weighted by Gasteiger charge is 2.46. The van der Waals surface area contributed by atoms with Crippen LogP contribution in [-0.4, -0.2) is 77.8 Å². The van der Waals surface area contributed by atoms with Crippen LogP contribution in [0.5, 0.6) is 0 Å². The van der Waals surface area contributed by atoms with E-state index in [2.05, 4.69) is 27.4 Å². The Balaban J connectivity index is 1.42. The minimum Gasteiger partial charge on any atom is -0.379 e. The molecule has 3 amide bonds. The number of carbonyl (C=O) groups is 3. The predicted molar refractivity (Wildman–Crippen MR) is 179 cm³/mol. The lowest BCUT2D eigenvalue weighted by Gasteiger charge is -2.38. The normalized spacial score (nSPS) is 17.7.